The van der Waals surface area contributed by atoms with E-state index in [4.69, 9.17) is 0 Å². The first-order valence-electron chi connectivity index (χ1n) is 4.95. The van der Waals surface area contributed by atoms with Crippen LogP contribution < -0.4 is 5.32 Å². The SMILES string of the molecule is CC/C(=C(\NC)C(C)C)C(C)C. The van der Waals surface area contributed by atoms with Gasteiger partial charge in [0.05, 0.1) is 0 Å². The Morgan fingerprint density at radius 1 is 1.08 bits per heavy atom. The van der Waals surface area contributed by atoms with Gasteiger partial charge in [0.1, 0.15) is 0 Å². The van der Waals surface area contributed by atoms with E-state index in [2.05, 4.69) is 39.9 Å². The van der Waals surface area contributed by atoms with Crippen molar-refractivity contribution < 1.29 is 0 Å². The highest BCUT2D eigenvalue weighted by molar-refractivity contribution is 5.15. The molecule has 0 rings (SSSR count). The van der Waals surface area contributed by atoms with Gasteiger partial charge in [0, 0.05) is 12.7 Å². The quantitative estimate of drug-likeness (QED) is 0.681. The summed E-state index contributed by atoms with van der Waals surface area (Å²) >= 11 is 0. The zero-order valence-corrected chi connectivity index (χ0v) is 9.36. The first kappa shape index (κ1) is 11.5. The second-order valence-corrected chi connectivity index (χ2v) is 3.85. The largest absolute Gasteiger partial charge is 0.391 e. The van der Waals surface area contributed by atoms with Crippen LogP contribution in [0.5, 0.6) is 0 Å². The van der Waals surface area contributed by atoms with Crippen molar-refractivity contribution >= 4 is 0 Å². The molecule has 0 aromatic carbocycles. The normalized spacial score (nSPS) is 13.7. The van der Waals surface area contributed by atoms with Crippen LogP contribution in [0.1, 0.15) is 41.0 Å². The molecule has 72 valence electrons. The molecule has 0 fully saturated rings. The Bertz CT molecular complexity index is 136. The van der Waals surface area contributed by atoms with Gasteiger partial charge in [-0.2, -0.15) is 0 Å². The minimum absolute atomic E-state index is 0.618. The van der Waals surface area contributed by atoms with Gasteiger partial charge in [0.25, 0.3) is 0 Å². The van der Waals surface area contributed by atoms with E-state index in [0.29, 0.717) is 11.8 Å². The highest BCUT2D eigenvalue weighted by atomic mass is 14.8. The van der Waals surface area contributed by atoms with Crippen LogP contribution in [0.4, 0.5) is 0 Å². The zero-order valence-electron chi connectivity index (χ0n) is 9.36. The van der Waals surface area contributed by atoms with Crippen molar-refractivity contribution in [3.8, 4) is 0 Å². The molecule has 0 radical (unpaired) electrons. The van der Waals surface area contributed by atoms with Gasteiger partial charge in [0.2, 0.25) is 0 Å². The highest BCUT2D eigenvalue weighted by Gasteiger charge is 2.10. The Morgan fingerprint density at radius 2 is 1.58 bits per heavy atom. The lowest BCUT2D eigenvalue weighted by Crippen LogP contribution is -2.16. The average molecular weight is 169 g/mol. The van der Waals surface area contributed by atoms with E-state index in [1.807, 2.05) is 7.05 Å². The van der Waals surface area contributed by atoms with Crippen LogP contribution in [0.2, 0.25) is 0 Å². The standard InChI is InChI=1S/C11H23N/c1-7-10(8(2)3)11(12-6)9(4)5/h8-9,12H,7H2,1-6H3/b11-10+. The van der Waals surface area contributed by atoms with Crippen LogP contribution in [0.25, 0.3) is 0 Å². The molecular formula is C11H23N. The molecule has 0 unspecified atom stereocenters. The molecule has 0 aromatic heterocycles. The van der Waals surface area contributed by atoms with E-state index < -0.39 is 0 Å². The lowest BCUT2D eigenvalue weighted by molar-refractivity contribution is 0.625. The zero-order chi connectivity index (χ0) is 9.72. The molecule has 0 aliphatic carbocycles. The van der Waals surface area contributed by atoms with Crippen LogP contribution in [0.3, 0.4) is 0 Å². The fourth-order valence-corrected chi connectivity index (χ4v) is 1.73. The third kappa shape index (κ3) is 2.88. The summed E-state index contributed by atoms with van der Waals surface area (Å²) in [6, 6.07) is 0. The summed E-state index contributed by atoms with van der Waals surface area (Å²) < 4.78 is 0. The first-order valence-corrected chi connectivity index (χ1v) is 4.95. The van der Waals surface area contributed by atoms with Crippen molar-refractivity contribution in [2.24, 2.45) is 11.8 Å². The van der Waals surface area contributed by atoms with Gasteiger partial charge in [0.15, 0.2) is 0 Å². The molecule has 1 N–H and O–H groups in total. The van der Waals surface area contributed by atoms with Crippen molar-refractivity contribution in [3.63, 3.8) is 0 Å². The van der Waals surface area contributed by atoms with E-state index in [9.17, 15) is 0 Å². The summed E-state index contributed by atoms with van der Waals surface area (Å²) in [7, 11) is 2.02. The molecule has 0 aromatic rings. The minimum atomic E-state index is 0.618. The van der Waals surface area contributed by atoms with Crippen LogP contribution in [-0.4, -0.2) is 7.05 Å². The van der Waals surface area contributed by atoms with E-state index in [-0.39, 0.29) is 0 Å². The molecule has 0 amide bonds. The molecule has 1 heteroatoms. The molecule has 0 atom stereocenters. The number of rotatable bonds is 4. The fourth-order valence-electron chi connectivity index (χ4n) is 1.73. The summed E-state index contributed by atoms with van der Waals surface area (Å²) in [5, 5.41) is 3.31. The Balaban J connectivity index is 4.74. The first-order chi connectivity index (χ1) is 5.54. The van der Waals surface area contributed by atoms with Gasteiger partial charge < -0.3 is 5.32 Å². The summed E-state index contributed by atoms with van der Waals surface area (Å²) in [4.78, 5) is 0. The molecule has 0 heterocycles. The third-order valence-corrected chi connectivity index (χ3v) is 2.27. The van der Waals surface area contributed by atoms with Crippen molar-refractivity contribution in [1.82, 2.24) is 5.32 Å². The van der Waals surface area contributed by atoms with Crippen LogP contribution >= 0.6 is 0 Å². The molecular weight excluding hydrogens is 146 g/mol. The number of allylic oxidation sites excluding steroid dienone is 2. The lowest BCUT2D eigenvalue weighted by atomic mass is 9.93. The Hall–Kier alpha value is -0.460. The second kappa shape index (κ2) is 5.23. The van der Waals surface area contributed by atoms with Crippen LogP contribution in [-0.2, 0) is 0 Å². The van der Waals surface area contributed by atoms with Crippen molar-refractivity contribution in [1.29, 1.82) is 0 Å². The topological polar surface area (TPSA) is 12.0 Å². The maximum absolute atomic E-state index is 3.31. The summed E-state index contributed by atoms with van der Waals surface area (Å²) in [5.74, 6) is 1.28. The Kier molecular flexibility index (Phi) is 5.03. The summed E-state index contributed by atoms with van der Waals surface area (Å²) in [6.07, 6.45) is 1.16. The van der Waals surface area contributed by atoms with Gasteiger partial charge in [-0.15, -0.1) is 0 Å². The molecule has 0 spiro atoms. The maximum atomic E-state index is 3.31. The Morgan fingerprint density at radius 3 is 1.67 bits per heavy atom. The minimum Gasteiger partial charge on any atom is -0.391 e. The predicted octanol–water partition coefficient (Wildman–Crippen LogP) is 3.18. The number of hydrogen-bond acceptors (Lipinski definition) is 1. The van der Waals surface area contributed by atoms with E-state index in [1.54, 1.807) is 5.57 Å². The molecule has 0 saturated carbocycles. The van der Waals surface area contributed by atoms with Gasteiger partial charge >= 0.3 is 0 Å². The molecule has 1 nitrogen and oxygen atoms in total. The van der Waals surface area contributed by atoms with Crippen molar-refractivity contribution in [3.05, 3.63) is 11.3 Å². The Labute approximate surface area is 77.2 Å². The van der Waals surface area contributed by atoms with Crippen LogP contribution in [0.15, 0.2) is 11.3 Å². The maximum Gasteiger partial charge on any atom is 0.0124 e. The fraction of sp³-hybridized carbons (Fsp3) is 0.818. The molecule has 0 aliphatic rings. The molecule has 0 aliphatic heterocycles. The number of nitrogens with one attached hydrogen (secondary N) is 1. The van der Waals surface area contributed by atoms with Crippen LogP contribution in [0, 0.1) is 11.8 Å². The van der Waals surface area contributed by atoms with Gasteiger partial charge in [-0.05, 0) is 23.8 Å². The van der Waals surface area contributed by atoms with Crippen molar-refractivity contribution in [2.75, 3.05) is 7.05 Å². The van der Waals surface area contributed by atoms with Crippen molar-refractivity contribution in [2.45, 2.75) is 41.0 Å². The average Bonchev–Trinajstić information content (AvgIpc) is 1.98. The molecule has 12 heavy (non-hydrogen) atoms. The monoisotopic (exact) mass is 169 g/mol. The summed E-state index contributed by atoms with van der Waals surface area (Å²) in [6.45, 7) is 11.2. The van der Waals surface area contributed by atoms with E-state index in [1.165, 1.54) is 5.70 Å². The molecule has 0 saturated heterocycles. The lowest BCUT2D eigenvalue weighted by Gasteiger charge is -2.19. The van der Waals surface area contributed by atoms with Gasteiger partial charge in [-0.1, -0.05) is 34.6 Å². The second-order valence-electron chi connectivity index (χ2n) is 3.85. The summed E-state index contributed by atoms with van der Waals surface area (Å²) in [5.41, 5.74) is 2.99. The van der Waals surface area contributed by atoms with E-state index in [0.717, 1.165) is 6.42 Å². The predicted molar refractivity (Wildman–Crippen MR) is 56.1 cm³/mol. The van der Waals surface area contributed by atoms with Gasteiger partial charge in [-0.25, -0.2) is 0 Å². The smallest absolute Gasteiger partial charge is 0.0124 e. The van der Waals surface area contributed by atoms with E-state index >= 15 is 0 Å². The van der Waals surface area contributed by atoms with Gasteiger partial charge in [-0.3, -0.25) is 0 Å². The molecule has 0 bridgehead atoms. The number of hydrogen-bond donors (Lipinski definition) is 1. The third-order valence-electron chi connectivity index (χ3n) is 2.27. The highest BCUT2D eigenvalue weighted by Crippen LogP contribution is 2.21.